The molecule has 1 aromatic rings. The molecule has 1 saturated heterocycles. The Labute approximate surface area is 126 Å². The molecule has 20 heavy (non-hydrogen) atoms. The number of ether oxygens (including phenoxy) is 1. The van der Waals surface area contributed by atoms with Gasteiger partial charge in [-0.3, -0.25) is 10.1 Å². The number of hydrogen-bond donors (Lipinski definition) is 1. The molecule has 0 aromatic heterocycles. The van der Waals surface area contributed by atoms with Gasteiger partial charge in [-0.15, -0.1) is 0 Å². The Bertz CT molecular complexity index is 484. The zero-order valence-electron chi connectivity index (χ0n) is 10.9. The molecule has 0 aliphatic carbocycles. The molecule has 1 aliphatic heterocycles. The Morgan fingerprint density at radius 1 is 1.50 bits per heavy atom. The van der Waals surface area contributed by atoms with Crippen LogP contribution < -0.4 is 10.2 Å². The van der Waals surface area contributed by atoms with Crippen LogP contribution in [0.4, 0.5) is 11.4 Å². The molecule has 2 rings (SSSR count). The highest BCUT2D eigenvalue weighted by Gasteiger charge is 2.21. The summed E-state index contributed by atoms with van der Waals surface area (Å²) < 4.78 is 5.61. The monoisotopic (exact) mass is 319 g/mol. The number of hydrogen-bond acceptors (Lipinski definition) is 5. The highest BCUT2D eigenvalue weighted by atomic mass is 35.5. The fourth-order valence-electron chi connectivity index (χ4n) is 2.16. The summed E-state index contributed by atoms with van der Waals surface area (Å²) in [5.41, 5.74) is 0.459. The van der Waals surface area contributed by atoms with Crippen molar-refractivity contribution >= 4 is 34.6 Å². The van der Waals surface area contributed by atoms with Gasteiger partial charge in [0.25, 0.3) is 5.69 Å². The molecular formula is C12H15Cl2N3O3. The van der Waals surface area contributed by atoms with Crippen molar-refractivity contribution in [1.29, 1.82) is 0 Å². The first-order chi connectivity index (χ1) is 9.49. The Morgan fingerprint density at radius 3 is 2.65 bits per heavy atom. The normalized spacial score (nSPS) is 18.9. The smallest absolute Gasteiger partial charge is 0.272 e. The molecule has 0 bridgehead atoms. The second-order valence-electron chi connectivity index (χ2n) is 4.59. The summed E-state index contributed by atoms with van der Waals surface area (Å²) in [6, 6.07) is 2.61. The molecule has 1 unspecified atom stereocenters. The van der Waals surface area contributed by atoms with E-state index in [-0.39, 0.29) is 21.8 Å². The number of halogens is 2. The third-order valence-corrected chi connectivity index (χ3v) is 3.65. The predicted molar refractivity (Wildman–Crippen MR) is 79.0 cm³/mol. The van der Waals surface area contributed by atoms with Crippen LogP contribution in [0, 0.1) is 10.1 Å². The molecule has 1 heterocycles. The van der Waals surface area contributed by atoms with Gasteiger partial charge >= 0.3 is 0 Å². The number of nitro benzene ring substituents is 1. The lowest BCUT2D eigenvalue weighted by atomic mass is 10.2. The van der Waals surface area contributed by atoms with Crippen LogP contribution in [0.1, 0.15) is 0 Å². The third kappa shape index (κ3) is 3.52. The number of anilines is 1. The van der Waals surface area contributed by atoms with Gasteiger partial charge in [0, 0.05) is 38.8 Å². The van der Waals surface area contributed by atoms with Crippen LogP contribution in [0.15, 0.2) is 12.1 Å². The van der Waals surface area contributed by atoms with Crippen molar-refractivity contribution in [2.24, 2.45) is 0 Å². The second kappa shape index (κ2) is 6.58. The van der Waals surface area contributed by atoms with E-state index in [1.165, 1.54) is 12.1 Å². The largest absolute Gasteiger partial charge is 0.374 e. The first-order valence-electron chi connectivity index (χ1n) is 6.16. The van der Waals surface area contributed by atoms with Crippen molar-refractivity contribution in [3.63, 3.8) is 0 Å². The molecule has 0 radical (unpaired) electrons. The molecule has 1 N–H and O–H groups in total. The lowest BCUT2D eigenvalue weighted by Crippen LogP contribution is -2.44. The number of morpholine rings is 1. The Morgan fingerprint density at radius 2 is 2.15 bits per heavy atom. The first-order valence-corrected chi connectivity index (χ1v) is 6.91. The summed E-state index contributed by atoms with van der Waals surface area (Å²) in [5, 5.41) is 14.5. The van der Waals surface area contributed by atoms with Crippen molar-refractivity contribution in [2.75, 3.05) is 38.2 Å². The number of likely N-dealkylation sites (N-methyl/N-ethyl adjacent to an activating group) is 1. The van der Waals surface area contributed by atoms with E-state index in [0.29, 0.717) is 18.8 Å². The minimum Gasteiger partial charge on any atom is -0.374 e. The predicted octanol–water partition coefficient (Wildman–Crippen LogP) is 2.33. The molecule has 1 aliphatic rings. The molecular weight excluding hydrogens is 305 g/mol. The van der Waals surface area contributed by atoms with Crippen LogP contribution in [0.3, 0.4) is 0 Å². The fraction of sp³-hybridized carbons (Fsp3) is 0.500. The zero-order chi connectivity index (χ0) is 14.7. The summed E-state index contributed by atoms with van der Waals surface area (Å²) in [5.74, 6) is 0. The fourth-order valence-corrected chi connectivity index (χ4v) is 2.92. The van der Waals surface area contributed by atoms with Crippen molar-refractivity contribution in [3.8, 4) is 0 Å². The first kappa shape index (κ1) is 15.3. The van der Waals surface area contributed by atoms with Crippen LogP contribution in [-0.4, -0.2) is 44.3 Å². The quantitative estimate of drug-likeness (QED) is 0.681. The standard InChI is InChI=1S/C12H15Cl2N3O3/c1-16(7-9-6-15-2-3-20-9)12-10(13)4-8(17(18)19)5-11(12)14/h4-5,9,15H,2-3,6-7H2,1H3. The number of non-ortho nitro benzene ring substituents is 1. The van der Waals surface area contributed by atoms with Crippen molar-refractivity contribution in [2.45, 2.75) is 6.10 Å². The average molecular weight is 320 g/mol. The number of rotatable bonds is 4. The van der Waals surface area contributed by atoms with Crippen LogP contribution in [-0.2, 0) is 4.74 Å². The number of nitro groups is 1. The molecule has 6 nitrogen and oxygen atoms in total. The van der Waals surface area contributed by atoms with Gasteiger partial charge in [-0.2, -0.15) is 0 Å². The van der Waals surface area contributed by atoms with E-state index in [9.17, 15) is 10.1 Å². The molecule has 1 fully saturated rings. The van der Waals surface area contributed by atoms with Crippen LogP contribution in [0.2, 0.25) is 10.0 Å². The van der Waals surface area contributed by atoms with Gasteiger partial charge < -0.3 is 15.0 Å². The Balaban J connectivity index is 2.16. The van der Waals surface area contributed by atoms with Crippen LogP contribution in [0.5, 0.6) is 0 Å². The molecule has 0 amide bonds. The summed E-state index contributed by atoms with van der Waals surface area (Å²) in [6.07, 6.45) is 0.0380. The Hall–Kier alpha value is -1.08. The van der Waals surface area contributed by atoms with Gasteiger partial charge in [-0.25, -0.2) is 0 Å². The lowest BCUT2D eigenvalue weighted by molar-refractivity contribution is -0.384. The molecule has 1 atom stereocenters. The molecule has 0 spiro atoms. The Kier molecular flexibility index (Phi) is 5.04. The van der Waals surface area contributed by atoms with Crippen LogP contribution in [0.25, 0.3) is 0 Å². The van der Waals surface area contributed by atoms with Crippen LogP contribution >= 0.6 is 23.2 Å². The van der Waals surface area contributed by atoms with Gasteiger partial charge in [-0.1, -0.05) is 23.2 Å². The van der Waals surface area contributed by atoms with Gasteiger partial charge in [-0.05, 0) is 0 Å². The van der Waals surface area contributed by atoms with Crippen molar-refractivity contribution < 1.29 is 9.66 Å². The van der Waals surface area contributed by atoms with E-state index in [1.807, 2.05) is 11.9 Å². The average Bonchev–Trinajstić information content (AvgIpc) is 2.38. The summed E-state index contributed by atoms with van der Waals surface area (Å²) in [6.45, 7) is 2.87. The maximum atomic E-state index is 10.7. The van der Waals surface area contributed by atoms with Crippen molar-refractivity contribution in [3.05, 3.63) is 32.3 Å². The topological polar surface area (TPSA) is 67.6 Å². The summed E-state index contributed by atoms with van der Waals surface area (Å²) >= 11 is 12.2. The third-order valence-electron chi connectivity index (χ3n) is 3.08. The van der Waals surface area contributed by atoms with Gasteiger partial charge in [0.2, 0.25) is 0 Å². The summed E-state index contributed by atoms with van der Waals surface area (Å²) in [4.78, 5) is 12.1. The highest BCUT2D eigenvalue weighted by Crippen LogP contribution is 2.36. The number of benzene rings is 1. The van der Waals surface area contributed by atoms with E-state index in [0.717, 1.165) is 13.1 Å². The minimum absolute atomic E-state index is 0.0380. The number of nitrogens with zero attached hydrogens (tertiary/aromatic N) is 2. The number of nitrogens with one attached hydrogen (secondary N) is 1. The summed E-state index contributed by atoms with van der Waals surface area (Å²) in [7, 11) is 1.83. The van der Waals surface area contributed by atoms with E-state index >= 15 is 0 Å². The van der Waals surface area contributed by atoms with E-state index in [1.54, 1.807) is 0 Å². The highest BCUT2D eigenvalue weighted by molar-refractivity contribution is 6.39. The zero-order valence-corrected chi connectivity index (χ0v) is 12.4. The van der Waals surface area contributed by atoms with Crippen molar-refractivity contribution in [1.82, 2.24) is 5.32 Å². The van der Waals surface area contributed by atoms with E-state index in [4.69, 9.17) is 27.9 Å². The second-order valence-corrected chi connectivity index (χ2v) is 5.41. The SMILES string of the molecule is CN(CC1CNCCO1)c1c(Cl)cc([N+](=O)[O-])cc1Cl. The molecule has 110 valence electrons. The van der Waals surface area contributed by atoms with E-state index < -0.39 is 4.92 Å². The molecule has 0 saturated carbocycles. The maximum absolute atomic E-state index is 10.7. The van der Waals surface area contributed by atoms with Gasteiger partial charge in [0.1, 0.15) is 0 Å². The molecule has 8 heteroatoms. The minimum atomic E-state index is -0.518. The van der Waals surface area contributed by atoms with Gasteiger partial charge in [0.05, 0.1) is 33.4 Å². The maximum Gasteiger partial charge on any atom is 0.272 e. The lowest BCUT2D eigenvalue weighted by Gasteiger charge is -2.30. The van der Waals surface area contributed by atoms with E-state index in [2.05, 4.69) is 5.32 Å². The van der Waals surface area contributed by atoms with Gasteiger partial charge in [0.15, 0.2) is 0 Å². The molecule has 1 aromatic carbocycles.